The summed E-state index contributed by atoms with van der Waals surface area (Å²) in [4.78, 5) is 4.77. The van der Waals surface area contributed by atoms with Crippen LogP contribution in [0, 0.1) is 0 Å². The third-order valence-electron chi connectivity index (χ3n) is 8.93. The number of furan rings is 1. The number of para-hydroxylation sites is 3. The molecule has 5 aromatic carbocycles. The van der Waals surface area contributed by atoms with Crippen LogP contribution in [0.1, 0.15) is 0 Å². The molecule has 0 N–H and O–H groups in total. The minimum atomic E-state index is -0.0851. The standard InChI is InChI=1S/C39H28BN4O/c1-42-22-23-43(26-42)29-11-8-10-27(24-29)40(34-15-9-14-33-32-13-3-5-17-37(32)45-39(33)34)28-19-20-31-30-12-2-4-16-35(30)44(36(31)25-28)38-18-6-7-21-41-38/h2-26H,1H3/q+1. The van der Waals surface area contributed by atoms with Gasteiger partial charge in [0.25, 0.3) is 0 Å². The molecule has 9 rings (SSSR count). The van der Waals surface area contributed by atoms with Crippen molar-refractivity contribution in [2.75, 3.05) is 0 Å². The van der Waals surface area contributed by atoms with Crippen LogP contribution in [0.25, 0.3) is 55.2 Å². The highest BCUT2D eigenvalue weighted by atomic mass is 16.3. The van der Waals surface area contributed by atoms with Gasteiger partial charge in [-0.25, -0.2) is 14.1 Å². The SMILES string of the molecule is C[n+]1ccn(-c2cccc(B(c3ccc4c5ccccc5n(-c5ccccn5)c4c3)c3cccc4c3oc3ccccc34)c2)c1. The van der Waals surface area contributed by atoms with Crippen molar-refractivity contribution >= 4 is 66.8 Å². The van der Waals surface area contributed by atoms with Gasteiger partial charge in [0, 0.05) is 27.7 Å². The van der Waals surface area contributed by atoms with Crippen LogP contribution in [0.5, 0.6) is 0 Å². The van der Waals surface area contributed by atoms with E-state index in [0.29, 0.717) is 0 Å². The smallest absolute Gasteiger partial charge is 0.248 e. The fourth-order valence-electron chi connectivity index (χ4n) is 6.92. The molecule has 0 radical (unpaired) electrons. The molecule has 9 aromatic rings. The Kier molecular flexibility index (Phi) is 5.75. The lowest BCUT2D eigenvalue weighted by molar-refractivity contribution is -0.670. The highest BCUT2D eigenvalue weighted by Gasteiger charge is 2.28. The molecule has 0 aliphatic heterocycles. The summed E-state index contributed by atoms with van der Waals surface area (Å²) in [5.41, 5.74) is 8.72. The van der Waals surface area contributed by atoms with E-state index in [1.165, 1.54) is 21.7 Å². The Balaban J connectivity index is 1.34. The van der Waals surface area contributed by atoms with Gasteiger partial charge < -0.3 is 4.42 Å². The molecule has 4 heterocycles. The van der Waals surface area contributed by atoms with Crippen LogP contribution >= 0.6 is 0 Å². The van der Waals surface area contributed by atoms with Gasteiger partial charge in [-0.15, -0.1) is 0 Å². The Bertz CT molecular complexity index is 2520. The zero-order valence-electron chi connectivity index (χ0n) is 24.7. The molecule has 0 atom stereocenters. The van der Waals surface area contributed by atoms with E-state index >= 15 is 0 Å². The number of nitrogens with zero attached hydrogens (tertiary/aromatic N) is 4. The van der Waals surface area contributed by atoms with Crippen molar-refractivity contribution in [2.45, 2.75) is 0 Å². The average Bonchev–Trinajstić information content (AvgIpc) is 3.79. The first-order valence-electron chi connectivity index (χ1n) is 15.2. The largest absolute Gasteiger partial charge is 0.457 e. The van der Waals surface area contributed by atoms with Gasteiger partial charge in [0.1, 0.15) is 35.1 Å². The normalized spacial score (nSPS) is 11.7. The monoisotopic (exact) mass is 579 g/mol. The molecule has 0 fully saturated rings. The molecule has 0 saturated heterocycles. The number of aromatic nitrogens is 4. The number of imidazole rings is 1. The van der Waals surface area contributed by atoms with Gasteiger partial charge in [0.2, 0.25) is 13.0 Å². The Labute approximate surface area is 260 Å². The third-order valence-corrected chi connectivity index (χ3v) is 8.93. The molecule has 212 valence electrons. The molecule has 0 saturated carbocycles. The van der Waals surface area contributed by atoms with E-state index in [4.69, 9.17) is 9.40 Å². The number of rotatable bonds is 5. The lowest BCUT2D eigenvalue weighted by Crippen LogP contribution is -2.52. The Morgan fingerprint density at radius 2 is 1.44 bits per heavy atom. The predicted molar refractivity (Wildman–Crippen MR) is 184 cm³/mol. The highest BCUT2D eigenvalue weighted by molar-refractivity contribution is 6.97. The number of benzene rings is 5. The van der Waals surface area contributed by atoms with E-state index in [1.807, 2.05) is 31.4 Å². The second-order valence-electron chi connectivity index (χ2n) is 11.7. The van der Waals surface area contributed by atoms with Crippen molar-refractivity contribution in [2.24, 2.45) is 7.05 Å². The first kappa shape index (κ1) is 25.6. The second kappa shape index (κ2) is 10.1. The molecular weight excluding hydrogens is 551 g/mol. The maximum atomic E-state index is 6.63. The van der Waals surface area contributed by atoms with Gasteiger partial charge in [0.15, 0.2) is 0 Å². The summed E-state index contributed by atoms with van der Waals surface area (Å²) in [5, 5.41) is 4.68. The number of hydrogen-bond donors (Lipinski definition) is 0. The summed E-state index contributed by atoms with van der Waals surface area (Å²) in [7, 11) is 2.04. The molecule has 0 unspecified atom stereocenters. The third kappa shape index (κ3) is 4.10. The number of hydrogen-bond acceptors (Lipinski definition) is 2. The van der Waals surface area contributed by atoms with Crippen molar-refractivity contribution in [3.63, 3.8) is 0 Å². The molecule has 0 spiro atoms. The molecular formula is C39H28BN4O+. The van der Waals surface area contributed by atoms with Crippen molar-refractivity contribution in [3.8, 4) is 11.5 Å². The Hall–Kier alpha value is -5.88. The lowest BCUT2D eigenvalue weighted by atomic mass is 9.36. The molecule has 5 nitrogen and oxygen atoms in total. The van der Waals surface area contributed by atoms with Crippen LogP contribution in [0.4, 0.5) is 0 Å². The van der Waals surface area contributed by atoms with Crippen LogP contribution in [-0.2, 0) is 7.05 Å². The van der Waals surface area contributed by atoms with E-state index in [2.05, 4.69) is 142 Å². The van der Waals surface area contributed by atoms with Crippen molar-refractivity contribution < 1.29 is 8.98 Å². The van der Waals surface area contributed by atoms with E-state index in [9.17, 15) is 0 Å². The van der Waals surface area contributed by atoms with Gasteiger partial charge in [-0.3, -0.25) is 4.57 Å². The zero-order chi connectivity index (χ0) is 29.9. The minimum Gasteiger partial charge on any atom is -0.457 e. The summed E-state index contributed by atoms with van der Waals surface area (Å²) < 4.78 is 13.1. The fraction of sp³-hybridized carbons (Fsp3) is 0.0256. The topological polar surface area (TPSA) is 39.8 Å². The van der Waals surface area contributed by atoms with Crippen molar-refractivity contribution in [3.05, 3.63) is 152 Å². The van der Waals surface area contributed by atoms with Gasteiger partial charge in [-0.05, 0) is 47.9 Å². The number of fused-ring (bicyclic) bond motifs is 6. The molecule has 6 heteroatoms. The van der Waals surface area contributed by atoms with Crippen molar-refractivity contribution in [1.29, 1.82) is 0 Å². The molecule has 0 bridgehead atoms. The molecule has 45 heavy (non-hydrogen) atoms. The fourth-order valence-corrected chi connectivity index (χ4v) is 6.92. The van der Waals surface area contributed by atoms with Crippen LogP contribution in [0.3, 0.4) is 0 Å². The summed E-state index contributed by atoms with van der Waals surface area (Å²) >= 11 is 0. The van der Waals surface area contributed by atoms with Crippen LogP contribution in [0.15, 0.2) is 157 Å². The quantitative estimate of drug-likeness (QED) is 0.180. The Morgan fingerprint density at radius 1 is 0.667 bits per heavy atom. The van der Waals surface area contributed by atoms with E-state index in [-0.39, 0.29) is 6.71 Å². The maximum absolute atomic E-state index is 6.63. The first-order chi connectivity index (χ1) is 22.2. The first-order valence-corrected chi connectivity index (χ1v) is 15.2. The van der Waals surface area contributed by atoms with E-state index in [1.54, 1.807) is 0 Å². The Morgan fingerprint density at radius 3 is 2.31 bits per heavy atom. The zero-order valence-corrected chi connectivity index (χ0v) is 24.7. The molecule has 4 aromatic heterocycles. The number of pyridine rings is 1. The summed E-state index contributed by atoms with van der Waals surface area (Å²) in [6, 6.07) is 45.3. The van der Waals surface area contributed by atoms with E-state index in [0.717, 1.165) is 49.9 Å². The van der Waals surface area contributed by atoms with Gasteiger partial charge in [-0.1, -0.05) is 95.9 Å². The van der Waals surface area contributed by atoms with Gasteiger partial charge in [0.05, 0.1) is 18.1 Å². The van der Waals surface area contributed by atoms with Gasteiger partial charge >= 0.3 is 0 Å². The summed E-state index contributed by atoms with van der Waals surface area (Å²) in [5.74, 6) is 0.902. The van der Waals surface area contributed by atoms with Gasteiger partial charge in [-0.2, -0.15) is 0 Å². The second-order valence-corrected chi connectivity index (χ2v) is 11.7. The molecule has 0 amide bonds. The minimum absolute atomic E-state index is 0.0851. The van der Waals surface area contributed by atoms with Crippen LogP contribution < -0.4 is 21.0 Å². The summed E-state index contributed by atoms with van der Waals surface area (Å²) in [6.45, 7) is -0.0851. The molecule has 0 aliphatic rings. The highest BCUT2D eigenvalue weighted by Crippen LogP contribution is 2.31. The van der Waals surface area contributed by atoms with E-state index < -0.39 is 0 Å². The maximum Gasteiger partial charge on any atom is 0.248 e. The molecule has 0 aliphatic carbocycles. The lowest BCUT2D eigenvalue weighted by Gasteiger charge is -2.17. The van der Waals surface area contributed by atoms with Crippen LogP contribution in [0.2, 0.25) is 0 Å². The number of aryl methyl sites for hydroxylation is 1. The predicted octanol–water partition coefficient (Wildman–Crippen LogP) is 6.21. The summed E-state index contributed by atoms with van der Waals surface area (Å²) in [6.07, 6.45) is 8.10. The van der Waals surface area contributed by atoms with Crippen LogP contribution in [-0.4, -0.2) is 20.8 Å². The van der Waals surface area contributed by atoms with Crippen molar-refractivity contribution in [1.82, 2.24) is 14.1 Å². The average molecular weight is 579 g/mol.